The van der Waals surface area contributed by atoms with Gasteiger partial charge in [-0.2, -0.15) is 4.31 Å². The summed E-state index contributed by atoms with van der Waals surface area (Å²) in [7, 11) is -3.61. The van der Waals surface area contributed by atoms with Crippen LogP contribution in [0.25, 0.3) is 0 Å². The molecule has 20 heavy (non-hydrogen) atoms. The van der Waals surface area contributed by atoms with E-state index in [1.807, 2.05) is 27.7 Å². The summed E-state index contributed by atoms with van der Waals surface area (Å²) >= 11 is 0. The zero-order valence-electron chi connectivity index (χ0n) is 12.4. The van der Waals surface area contributed by atoms with Crippen molar-refractivity contribution in [3.63, 3.8) is 0 Å². The molecule has 5 nitrogen and oxygen atoms in total. The summed E-state index contributed by atoms with van der Waals surface area (Å²) < 4.78 is 32.6. The summed E-state index contributed by atoms with van der Waals surface area (Å²) in [4.78, 5) is 0.190. The van der Waals surface area contributed by atoms with Gasteiger partial charge in [0.25, 0.3) is 0 Å². The molecule has 1 saturated heterocycles. The molecule has 0 aromatic heterocycles. The second-order valence-electron chi connectivity index (χ2n) is 5.92. The van der Waals surface area contributed by atoms with Crippen LogP contribution in [0.2, 0.25) is 0 Å². The fourth-order valence-electron chi connectivity index (χ4n) is 2.44. The Bertz CT molecular complexity index is 624. The molecule has 112 valence electrons. The lowest BCUT2D eigenvalue weighted by molar-refractivity contribution is -0.00769. The van der Waals surface area contributed by atoms with Gasteiger partial charge in [-0.3, -0.25) is 0 Å². The highest BCUT2D eigenvalue weighted by Gasteiger charge is 2.40. The maximum Gasteiger partial charge on any atom is 0.245 e. The molecule has 0 atom stereocenters. The van der Waals surface area contributed by atoms with Crippen molar-refractivity contribution in [2.24, 2.45) is 0 Å². The van der Waals surface area contributed by atoms with Crippen LogP contribution in [0.1, 0.15) is 25.0 Å². The van der Waals surface area contributed by atoms with E-state index in [9.17, 15) is 8.42 Å². The highest BCUT2D eigenvalue weighted by Crippen LogP contribution is 2.31. The van der Waals surface area contributed by atoms with Gasteiger partial charge in [0.05, 0.1) is 24.4 Å². The van der Waals surface area contributed by atoms with Gasteiger partial charge in [0.1, 0.15) is 4.90 Å². The Morgan fingerprint density at radius 1 is 1.25 bits per heavy atom. The van der Waals surface area contributed by atoms with Crippen LogP contribution in [-0.4, -0.2) is 38.0 Å². The number of anilines is 1. The first kappa shape index (κ1) is 15.3. The van der Waals surface area contributed by atoms with Gasteiger partial charge in [0.2, 0.25) is 10.0 Å². The number of hydrogen-bond acceptors (Lipinski definition) is 4. The summed E-state index contributed by atoms with van der Waals surface area (Å²) in [6, 6.07) is 3.38. The molecule has 6 heteroatoms. The molecule has 1 aliphatic rings. The summed E-state index contributed by atoms with van der Waals surface area (Å²) in [5.74, 6) is 0. The Hall–Kier alpha value is -1.11. The van der Waals surface area contributed by atoms with Crippen molar-refractivity contribution in [2.75, 3.05) is 25.5 Å². The number of ether oxygens (including phenoxy) is 1. The minimum absolute atomic E-state index is 0.190. The monoisotopic (exact) mass is 298 g/mol. The van der Waals surface area contributed by atoms with Crippen LogP contribution < -0.4 is 5.73 Å². The molecule has 2 N–H and O–H groups in total. The lowest BCUT2D eigenvalue weighted by Crippen LogP contribution is -2.55. The van der Waals surface area contributed by atoms with Crippen molar-refractivity contribution in [3.05, 3.63) is 23.3 Å². The largest absolute Gasteiger partial charge is 0.398 e. The van der Waals surface area contributed by atoms with Gasteiger partial charge in [-0.25, -0.2) is 8.42 Å². The second-order valence-corrected chi connectivity index (χ2v) is 7.75. The number of rotatable bonds is 2. The van der Waals surface area contributed by atoms with Crippen molar-refractivity contribution < 1.29 is 13.2 Å². The van der Waals surface area contributed by atoms with Gasteiger partial charge >= 0.3 is 0 Å². The molecule has 0 saturated carbocycles. The number of benzene rings is 1. The topological polar surface area (TPSA) is 72.6 Å². The summed E-state index contributed by atoms with van der Waals surface area (Å²) in [6.45, 7) is 8.67. The molecule has 0 unspecified atom stereocenters. The number of nitrogen functional groups attached to an aromatic ring is 1. The standard InChI is InChI=1S/C14H22N2O3S/c1-10-7-12(15)13(8-11(10)2)20(17,18)16-5-6-19-9-14(16,3)4/h7-8H,5-6,9,15H2,1-4H3. The van der Waals surface area contributed by atoms with Crippen LogP contribution in [0, 0.1) is 13.8 Å². The normalized spacial score (nSPS) is 20.0. The van der Waals surface area contributed by atoms with Crippen LogP contribution in [-0.2, 0) is 14.8 Å². The van der Waals surface area contributed by atoms with Crippen molar-refractivity contribution >= 4 is 15.7 Å². The summed E-state index contributed by atoms with van der Waals surface area (Å²) in [6.07, 6.45) is 0. The van der Waals surface area contributed by atoms with E-state index >= 15 is 0 Å². The van der Waals surface area contributed by atoms with Crippen molar-refractivity contribution in [1.29, 1.82) is 0 Å². The minimum Gasteiger partial charge on any atom is -0.398 e. The predicted molar refractivity (Wildman–Crippen MR) is 79.1 cm³/mol. The maximum atomic E-state index is 12.9. The molecule has 1 heterocycles. The summed E-state index contributed by atoms with van der Waals surface area (Å²) in [5, 5.41) is 0. The van der Waals surface area contributed by atoms with E-state index in [1.54, 1.807) is 12.1 Å². The SMILES string of the molecule is Cc1cc(N)c(S(=O)(=O)N2CCOCC2(C)C)cc1C. The predicted octanol–water partition coefficient (Wildman–Crippen LogP) is 1.69. The van der Waals surface area contributed by atoms with Crippen molar-refractivity contribution in [1.82, 2.24) is 4.31 Å². The molecule has 0 amide bonds. The van der Waals surface area contributed by atoms with Crippen molar-refractivity contribution in [3.8, 4) is 0 Å². The Morgan fingerprint density at radius 3 is 2.45 bits per heavy atom. The Labute approximate surface area is 120 Å². The molecule has 0 bridgehead atoms. The van der Waals surface area contributed by atoms with Gasteiger partial charge in [0.15, 0.2) is 0 Å². The average Bonchev–Trinajstić information content (AvgIpc) is 2.32. The third-order valence-corrected chi connectivity index (χ3v) is 5.93. The third kappa shape index (κ3) is 2.55. The number of hydrogen-bond donors (Lipinski definition) is 1. The minimum atomic E-state index is -3.61. The van der Waals surface area contributed by atoms with Crippen LogP contribution in [0.15, 0.2) is 17.0 Å². The molecule has 1 aliphatic heterocycles. The Balaban J connectivity index is 2.53. The number of nitrogens with two attached hydrogens (primary N) is 1. The van der Waals surface area contributed by atoms with Gasteiger partial charge in [-0.1, -0.05) is 0 Å². The highest BCUT2D eigenvalue weighted by atomic mass is 32.2. The van der Waals surface area contributed by atoms with Gasteiger partial charge in [-0.15, -0.1) is 0 Å². The van der Waals surface area contributed by atoms with Gasteiger partial charge in [0, 0.05) is 6.54 Å². The number of nitrogens with zero attached hydrogens (tertiary/aromatic N) is 1. The Morgan fingerprint density at radius 2 is 1.85 bits per heavy atom. The fourth-order valence-corrected chi connectivity index (χ4v) is 4.38. The quantitative estimate of drug-likeness (QED) is 0.843. The van der Waals surface area contributed by atoms with E-state index in [-0.39, 0.29) is 4.90 Å². The highest BCUT2D eigenvalue weighted by molar-refractivity contribution is 7.89. The molecule has 0 spiro atoms. The van der Waals surface area contributed by atoms with Crippen LogP contribution in [0.4, 0.5) is 5.69 Å². The van der Waals surface area contributed by atoms with Gasteiger partial charge < -0.3 is 10.5 Å². The lowest BCUT2D eigenvalue weighted by atomic mass is 10.1. The van der Waals surface area contributed by atoms with Gasteiger partial charge in [-0.05, 0) is 51.0 Å². The van der Waals surface area contributed by atoms with Crippen molar-refractivity contribution in [2.45, 2.75) is 38.1 Å². The lowest BCUT2D eigenvalue weighted by Gasteiger charge is -2.41. The first-order valence-corrected chi connectivity index (χ1v) is 8.07. The Kier molecular flexibility index (Phi) is 3.83. The smallest absolute Gasteiger partial charge is 0.245 e. The maximum absolute atomic E-state index is 12.9. The van der Waals surface area contributed by atoms with Crippen LogP contribution >= 0.6 is 0 Å². The van der Waals surface area contributed by atoms with E-state index in [1.165, 1.54) is 4.31 Å². The first-order chi connectivity index (χ1) is 9.16. The first-order valence-electron chi connectivity index (χ1n) is 6.63. The molecule has 1 aromatic carbocycles. The molecule has 0 radical (unpaired) electrons. The van der Waals surface area contributed by atoms with E-state index in [0.717, 1.165) is 11.1 Å². The van der Waals surface area contributed by atoms with E-state index < -0.39 is 15.6 Å². The second kappa shape index (κ2) is 5.02. The number of sulfonamides is 1. The summed E-state index contributed by atoms with van der Waals surface area (Å²) in [5.41, 5.74) is 7.58. The molecular formula is C14H22N2O3S. The molecule has 2 rings (SSSR count). The fraction of sp³-hybridized carbons (Fsp3) is 0.571. The van der Waals surface area contributed by atoms with Crippen LogP contribution in [0.5, 0.6) is 0 Å². The molecule has 1 fully saturated rings. The average molecular weight is 298 g/mol. The van der Waals surface area contributed by atoms with E-state index in [4.69, 9.17) is 10.5 Å². The number of aryl methyl sites for hydroxylation is 2. The van der Waals surface area contributed by atoms with E-state index in [0.29, 0.717) is 25.4 Å². The molecule has 1 aromatic rings. The third-order valence-electron chi connectivity index (χ3n) is 3.76. The van der Waals surface area contributed by atoms with Crippen LogP contribution in [0.3, 0.4) is 0 Å². The zero-order valence-corrected chi connectivity index (χ0v) is 13.3. The molecular weight excluding hydrogens is 276 g/mol. The van der Waals surface area contributed by atoms with E-state index in [2.05, 4.69) is 0 Å². The zero-order chi connectivity index (χ0) is 15.1. The molecule has 0 aliphatic carbocycles. The number of morpholine rings is 1.